The molecule has 0 amide bonds. The van der Waals surface area contributed by atoms with Gasteiger partial charge in [0.2, 0.25) is 0 Å². The van der Waals surface area contributed by atoms with Crippen molar-refractivity contribution in [1.82, 2.24) is 5.43 Å². The van der Waals surface area contributed by atoms with Gasteiger partial charge in [0.25, 0.3) is 0 Å². The normalized spacial score (nSPS) is 13.5. The van der Waals surface area contributed by atoms with E-state index < -0.39 is 0 Å². The van der Waals surface area contributed by atoms with Gasteiger partial charge in [-0.3, -0.25) is 5.43 Å². The number of nitrogens with zero attached hydrogens (tertiary/aromatic N) is 2. The summed E-state index contributed by atoms with van der Waals surface area (Å²) in [5, 5.41) is 8.09. The number of hydrazone groups is 1. The molecule has 4 nitrogen and oxygen atoms in total. The lowest BCUT2D eigenvalue weighted by Crippen LogP contribution is -2.30. The number of fused-ring (bicyclic) bond motifs is 1. The number of thiocarbonyl (C=S) groups is 1. The Morgan fingerprint density at radius 3 is 2.64 bits per heavy atom. The van der Waals surface area contributed by atoms with Crippen LogP contribution in [0.25, 0.3) is 0 Å². The maximum Gasteiger partial charge on any atom is 0.191 e. The van der Waals surface area contributed by atoms with Crippen LogP contribution in [0.4, 0.5) is 11.4 Å². The predicted molar refractivity (Wildman–Crippen MR) is 125 cm³/mol. The first-order chi connectivity index (χ1) is 13.5. The Morgan fingerprint density at radius 2 is 1.93 bits per heavy atom. The minimum atomic E-state index is 0.499. The summed E-state index contributed by atoms with van der Waals surface area (Å²) in [5.41, 5.74) is 11.5. The molecule has 1 heterocycles. The molecule has 0 fully saturated rings. The summed E-state index contributed by atoms with van der Waals surface area (Å²) in [6.45, 7) is 10.8. The van der Waals surface area contributed by atoms with Gasteiger partial charge in [-0.05, 0) is 86.6 Å². The van der Waals surface area contributed by atoms with Crippen LogP contribution in [0, 0.1) is 20.8 Å². The fourth-order valence-corrected chi connectivity index (χ4v) is 4.12. The van der Waals surface area contributed by atoms with E-state index in [4.69, 9.17) is 12.2 Å². The van der Waals surface area contributed by atoms with E-state index in [0.717, 1.165) is 30.8 Å². The second kappa shape index (κ2) is 9.20. The van der Waals surface area contributed by atoms with Crippen molar-refractivity contribution in [1.29, 1.82) is 0 Å². The molecule has 1 aliphatic rings. The van der Waals surface area contributed by atoms with Gasteiger partial charge >= 0.3 is 0 Å². The average Bonchev–Trinajstić information content (AvgIpc) is 2.65. The molecule has 2 aromatic carbocycles. The highest BCUT2D eigenvalue weighted by atomic mass is 32.1. The molecule has 28 heavy (non-hydrogen) atoms. The molecular weight excluding hydrogens is 364 g/mol. The average molecular weight is 395 g/mol. The standard InChI is InChI=1S/C23H30N4S/c1-5-10-27-11-6-7-20-14-19(8-9-21(20)27)15-24-26-23(28)25-22-17(3)12-16(2)13-18(22)4/h8-9,12-15H,5-7,10-11H2,1-4H3,(H2,25,26,28)/b24-15+. The molecule has 0 aromatic heterocycles. The Labute approximate surface area is 174 Å². The zero-order chi connectivity index (χ0) is 20.1. The first-order valence-corrected chi connectivity index (χ1v) is 10.4. The fourth-order valence-electron chi connectivity index (χ4n) is 3.96. The van der Waals surface area contributed by atoms with Crippen LogP contribution in [0.2, 0.25) is 0 Å². The van der Waals surface area contributed by atoms with Crippen LogP contribution >= 0.6 is 12.2 Å². The number of benzene rings is 2. The lowest BCUT2D eigenvalue weighted by molar-refractivity contribution is 0.681. The molecule has 0 atom stereocenters. The summed E-state index contributed by atoms with van der Waals surface area (Å²) in [6, 6.07) is 10.9. The van der Waals surface area contributed by atoms with Crippen LogP contribution in [0.1, 0.15) is 47.6 Å². The van der Waals surface area contributed by atoms with Gasteiger partial charge in [0.05, 0.1) is 6.21 Å². The molecule has 3 rings (SSSR count). The second-order valence-electron chi connectivity index (χ2n) is 7.58. The van der Waals surface area contributed by atoms with Gasteiger partial charge in [0.1, 0.15) is 0 Å². The summed E-state index contributed by atoms with van der Waals surface area (Å²) in [6.07, 6.45) is 5.37. The molecule has 0 bridgehead atoms. The van der Waals surface area contributed by atoms with E-state index in [2.05, 4.69) is 78.8 Å². The summed E-state index contributed by atoms with van der Waals surface area (Å²) >= 11 is 5.40. The number of aryl methyl sites for hydroxylation is 4. The Hall–Kier alpha value is -2.40. The molecule has 0 aliphatic carbocycles. The number of rotatable bonds is 5. The van der Waals surface area contributed by atoms with Crippen molar-refractivity contribution < 1.29 is 0 Å². The van der Waals surface area contributed by atoms with Crippen molar-refractivity contribution >= 4 is 34.9 Å². The molecule has 0 saturated carbocycles. The molecule has 5 heteroatoms. The van der Waals surface area contributed by atoms with Gasteiger partial charge < -0.3 is 10.2 Å². The SMILES string of the molecule is CCCN1CCCc2cc(/C=N/NC(=S)Nc3c(C)cc(C)cc3C)ccc21. The quantitative estimate of drug-likeness (QED) is 0.421. The van der Waals surface area contributed by atoms with Crippen molar-refractivity contribution in [2.24, 2.45) is 5.10 Å². The van der Waals surface area contributed by atoms with Crippen molar-refractivity contribution in [3.05, 3.63) is 58.1 Å². The van der Waals surface area contributed by atoms with E-state index in [0.29, 0.717) is 5.11 Å². The Kier molecular flexibility index (Phi) is 6.68. The molecular formula is C23H30N4S. The van der Waals surface area contributed by atoms with Crippen molar-refractivity contribution in [3.8, 4) is 0 Å². The van der Waals surface area contributed by atoms with Crippen LogP contribution < -0.4 is 15.6 Å². The molecule has 2 aromatic rings. The van der Waals surface area contributed by atoms with Crippen LogP contribution in [0.15, 0.2) is 35.4 Å². The topological polar surface area (TPSA) is 39.7 Å². The number of hydrogen-bond acceptors (Lipinski definition) is 3. The highest BCUT2D eigenvalue weighted by Crippen LogP contribution is 2.27. The highest BCUT2D eigenvalue weighted by Gasteiger charge is 2.15. The molecule has 148 valence electrons. The van der Waals surface area contributed by atoms with Crippen LogP contribution in [0.5, 0.6) is 0 Å². The first-order valence-electron chi connectivity index (χ1n) is 10.0. The summed E-state index contributed by atoms with van der Waals surface area (Å²) in [7, 11) is 0. The Bertz CT molecular complexity index is 865. The lowest BCUT2D eigenvalue weighted by Gasteiger charge is -2.31. The number of hydrogen-bond donors (Lipinski definition) is 2. The molecule has 1 aliphatic heterocycles. The van der Waals surface area contributed by atoms with Gasteiger partial charge in [0, 0.05) is 24.5 Å². The van der Waals surface area contributed by atoms with Crippen molar-refractivity contribution in [2.75, 3.05) is 23.3 Å². The maximum atomic E-state index is 5.40. The van der Waals surface area contributed by atoms with E-state index in [9.17, 15) is 0 Å². The largest absolute Gasteiger partial charge is 0.371 e. The Morgan fingerprint density at radius 1 is 1.18 bits per heavy atom. The van der Waals surface area contributed by atoms with Gasteiger partial charge in [-0.25, -0.2) is 0 Å². The Balaban J connectivity index is 1.63. The minimum absolute atomic E-state index is 0.499. The van der Waals surface area contributed by atoms with E-state index in [1.807, 2.05) is 6.21 Å². The van der Waals surface area contributed by atoms with Crippen LogP contribution in [-0.2, 0) is 6.42 Å². The van der Waals surface area contributed by atoms with Gasteiger partial charge in [0.15, 0.2) is 5.11 Å². The molecule has 0 saturated heterocycles. The molecule has 0 radical (unpaired) electrons. The van der Waals surface area contributed by atoms with Crippen LogP contribution in [-0.4, -0.2) is 24.4 Å². The zero-order valence-corrected chi connectivity index (χ0v) is 18.1. The summed E-state index contributed by atoms with van der Waals surface area (Å²) in [5.74, 6) is 0. The van der Waals surface area contributed by atoms with Gasteiger partial charge in [-0.15, -0.1) is 0 Å². The number of anilines is 2. The smallest absolute Gasteiger partial charge is 0.191 e. The van der Waals surface area contributed by atoms with E-state index >= 15 is 0 Å². The molecule has 0 spiro atoms. The minimum Gasteiger partial charge on any atom is -0.371 e. The van der Waals surface area contributed by atoms with Crippen LogP contribution in [0.3, 0.4) is 0 Å². The fraction of sp³-hybridized carbons (Fsp3) is 0.391. The first kappa shape index (κ1) is 20.3. The van der Waals surface area contributed by atoms with Gasteiger partial charge in [-0.2, -0.15) is 5.10 Å². The van der Waals surface area contributed by atoms with E-state index in [1.165, 1.54) is 40.8 Å². The summed E-state index contributed by atoms with van der Waals surface area (Å²) < 4.78 is 0. The maximum absolute atomic E-state index is 5.40. The number of nitrogens with one attached hydrogen (secondary N) is 2. The third-order valence-corrected chi connectivity index (χ3v) is 5.30. The zero-order valence-electron chi connectivity index (χ0n) is 17.3. The van der Waals surface area contributed by atoms with E-state index in [1.54, 1.807) is 0 Å². The molecule has 0 unspecified atom stereocenters. The third kappa shape index (κ3) is 4.90. The van der Waals surface area contributed by atoms with Crippen molar-refractivity contribution in [2.45, 2.75) is 47.0 Å². The lowest BCUT2D eigenvalue weighted by atomic mass is 9.99. The summed E-state index contributed by atoms with van der Waals surface area (Å²) in [4.78, 5) is 2.49. The second-order valence-corrected chi connectivity index (χ2v) is 7.98. The third-order valence-electron chi connectivity index (χ3n) is 5.11. The van der Waals surface area contributed by atoms with Gasteiger partial charge in [-0.1, -0.05) is 30.7 Å². The predicted octanol–water partition coefficient (Wildman–Crippen LogP) is 5.09. The molecule has 2 N–H and O–H groups in total. The van der Waals surface area contributed by atoms with E-state index in [-0.39, 0.29) is 0 Å². The highest BCUT2D eigenvalue weighted by molar-refractivity contribution is 7.80. The monoisotopic (exact) mass is 394 g/mol. The van der Waals surface area contributed by atoms with Crippen molar-refractivity contribution in [3.63, 3.8) is 0 Å².